The molecule has 4 rings (SSSR count). The number of carbonyl (C=O) groups excluding carboxylic acids is 1. The highest BCUT2D eigenvalue weighted by molar-refractivity contribution is 5.91. The second kappa shape index (κ2) is 8.29. The van der Waals surface area contributed by atoms with Crippen molar-refractivity contribution in [3.05, 3.63) is 53.5 Å². The third-order valence-corrected chi connectivity index (χ3v) is 5.33. The minimum atomic E-state index is -0.0501. The number of hydrogen-bond donors (Lipinski definition) is 1. The van der Waals surface area contributed by atoms with Gasteiger partial charge in [-0.2, -0.15) is 5.10 Å². The van der Waals surface area contributed by atoms with E-state index in [1.54, 1.807) is 24.5 Å². The molecule has 1 aliphatic heterocycles. The molecular weight excluding hydrogens is 338 g/mol. The van der Waals surface area contributed by atoms with Crippen LogP contribution < -0.4 is 10.2 Å². The van der Waals surface area contributed by atoms with E-state index in [9.17, 15) is 4.79 Å². The molecule has 0 saturated carbocycles. The zero-order chi connectivity index (χ0) is 18.5. The molecule has 1 saturated heterocycles. The molecule has 3 heterocycles. The number of aryl methyl sites for hydroxylation is 2. The maximum atomic E-state index is 12.1. The van der Waals surface area contributed by atoms with Crippen LogP contribution in [0.1, 0.15) is 42.5 Å². The van der Waals surface area contributed by atoms with Gasteiger partial charge in [-0.1, -0.05) is 6.07 Å². The first-order valence-electron chi connectivity index (χ1n) is 9.77. The Morgan fingerprint density at radius 3 is 2.85 bits per heavy atom. The van der Waals surface area contributed by atoms with Gasteiger partial charge in [0.1, 0.15) is 0 Å². The third kappa shape index (κ3) is 4.51. The molecule has 140 valence electrons. The number of pyridine rings is 1. The SMILES string of the molecule is O=C(/C=C/c1cccnc1)NC1CCN(c2cc3c(nn2)CCCC3)CC1. The van der Waals surface area contributed by atoms with Gasteiger partial charge in [-0.05, 0) is 67.9 Å². The highest BCUT2D eigenvalue weighted by atomic mass is 16.1. The molecule has 0 spiro atoms. The number of anilines is 1. The van der Waals surface area contributed by atoms with E-state index in [-0.39, 0.29) is 11.9 Å². The van der Waals surface area contributed by atoms with Gasteiger partial charge in [0.2, 0.25) is 5.91 Å². The fourth-order valence-electron chi connectivity index (χ4n) is 3.78. The van der Waals surface area contributed by atoms with Gasteiger partial charge in [-0.25, -0.2) is 0 Å². The van der Waals surface area contributed by atoms with Crippen LogP contribution in [-0.2, 0) is 17.6 Å². The first-order chi connectivity index (χ1) is 13.3. The van der Waals surface area contributed by atoms with Gasteiger partial charge in [0, 0.05) is 37.6 Å². The van der Waals surface area contributed by atoms with E-state index in [1.807, 2.05) is 12.1 Å². The lowest BCUT2D eigenvalue weighted by Crippen LogP contribution is -2.44. The Morgan fingerprint density at radius 1 is 1.19 bits per heavy atom. The maximum Gasteiger partial charge on any atom is 0.244 e. The topological polar surface area (TPSA) is 71.0 Å². The predicted octanol–water partition coefficient (Wildman–Crippen LogP) is 2.55. The van der Waals surface area contributed by atoms with E-state index >= 15 is 0 Å². The van der Waals surface area contributed by atoms with Crippen LogP contribution in [0.15, 0.2) is 36.7 Å². The molecule has 0 atom stereocenters. The molecule has 2 aliphatic rings. The second-order valence-corrected chi connectivity index (χ2v) is 7.27. The maximum absolute atomic E-state index is 12.1. The molecule has 1 aliphatic carbocycles. The summed E-state index contributed by atoms with van der Waals surface area (Å²) in [4.78, 5) is 18.5. The van der Waals surface area contributed by atoms with Crippen molar-refractivity contribution in [3.8, 4) is 0 Å². The largest absolute Gasteiger partial charge is 0.355 e. The van der Waals surface area contributed by atoms with Crippen LogP contribution in [0.5, 0.6) is 0 Å². The molecule has 0 unspecified atom stereocenters. The average Bonchev–Trinajstić information content (AvgIpc) is 2.73. The molecule has 27 heavy (non-hydrogen) atoms. The summed E-state index contributed by atoms with van der Waals surface area (Å²) in [6, 6.07) is 6.21. The summed E-state index contributed by atoms with van der Waals surface area (Å²) < 4.78 is 0. The molecule has 1 fully saturated rings. The van der Waals surface area contributed by atoms with Crippen LogP contribution in [0, 0.1) is 0 Å². The van der Waals surface area contributed by atoms with Crippen LogP contribution in [0.3, 0.4) is 0 Å². The van der Waals surface area contributed by atoms with Crippen molar-refractivity contribution < 1.29 is 4.79 Å². The highest BCUT2D eigenvalue weighted by Gasteiger charge is 2.22. The first-order valence-corrected chi connectivity index (χ1v) is 9.77. The minimum absolute atomic E-state index is 0.0501. The van der Waals surface area contributed by atoms with Crippen molar-refractivity contribution in [1.82, 2.24) is 20.5 Å². The minimum Gasteiger partial charge on any atom is -0.355 e. The van der Waals surface area contributed by atoms with Gasteiger partial charge in [0.25, 0.3) is 0 Å². The number of amides is 1. The molecule has 0 aromatic carbocycles. The molecule has 1 N–H and O–H groups in total. The van der Waals surface area contributed by atoms with Crippen molar-refractivity contribution in [1.29, 1.82) is 0 Å². The molecule has 6 heteroatoms. The van der Waals surface area contributed by atoms with Crippen LogP contribution in [0.25, 0.3) is 6.08 Å². The quantitative estimate of drug-likeness (QED) is 0.846. The fourth-order valence-corrected chi connectivity index (χ4v) is 3.78. The van der Waals surface area contributed by atoms with E-state index in [1.165, 1.54) is 24.1 Å². The zero-order valence-corrected chi connectivity index (χ0v) is 15.5. The monoisotopic (exact) mass is 363 g/mol. The van der Waals surface area contributed by atoms with Crippen LogP contribution in [0.2, 0.25) is 0 Å². The van der Waals surface area contributed by atoms with Gasteiger partial charge in [-0.3, -0.25) is 9.78 Å². The number of fused-ring (bicyclic) bond motifs is 1. The second-order valence-electron chi connectivity index (χ2n) is 7.27. The van der Waals surface area contributed by atoms with Crippen molar-refractivity contribution in [2.75, 3.05) is 18.0 Å². The van der Waals surface area contributed by atoms with Crippen LogP contribution in [0.4, 0.5) is 5.82 Å². The smallest absolute Gasteiger partial charge is 0.244 e. The van der Waals surface area contributed by atoms with Gasteiger partial charge >= 0.3 is 0 Å². The summed E-state index contributed by atoms with van der Waals surface area (Å²) in [6.07, 6.45) is 13.3. The summed E-state index contributed by atoms with van der Waals surface area (Å²) >= 11 is 0. The van der Waals surface area contributed by atoms with Crippen LogP contribution in [-0.4, -0.2) is 40.2 Å². The van der Waals surface area contributed by atoms with E-state index < -0.39 is 0 Å². The predicted molar refractivity (Wildman–Crippen MR) is 105 cm³/mol. The first kappa shape index (κ1) is 17.6. The van der Waals surface area contributed by atoms with Crippen LogP contribution >= 0.6 is 0 Å². The highest BCUT2D eigenvalue weighted by Crippen LogP contribution is 2.24. The Morgan fingerprint density at radius 2 is 2.04 bits per heavy atom. The lowest BCUT2D eigenvalue weighted by Gasteiger charge is -2.33. The lowest BCUT2D eigenvalue weighted by molar-refractivity contribution is -0.117. The molecule has 2 aromatic heterocycles. The molecule has 0 bridgehead atoms. The van der Waals surface area contributed by atoms with E-state index in [0.717, 1.165) is 50.2 Å². The molecule has 6 nitrogen and oxygen atoms in total. The number of rotatable bonds is 4. The number of nitrogens with one attached hydrogen (secondary N) is 1. The third-order valence-electron chi connectivity index (χ3n) is 5.33. The zero-order valence-electron chi connectivity index (χ0n) is 15.5. The Balaban J connectivity index is 1.29. The van der Waals surface area contributed by atoms with Gasteiger partial charge in [0.15, 0.2) is 5.82 Å². The van der Waals surface area contributed by atoms with Gasteiger partial charge in [0.05, 0.1) is 5.69 Å². The van der Waals surface area contributed by atoms with E-state index in [2.05, 4.69) is 31.5 Å². The Kier molecular flexibility index (Phi) is 5.42. The summed E-state index contributed by atoms with van der Waals surface area (Å²) in [5.74, 6) is 0.933. The Hall–Kier alpha value is -2.76. The van der Waals surface area contributed by atoms with Crippen molar-refractivity contribution in [2.24, 2.45) is 0 Å². The molecule has 1 amide bonds. The standard InChI is InChI=1S/C21H25N5O/c27-21(8-7-16-4-3-11-22-15-16)23-18-9-12-26(13-10-18)20-14-17-5-1-2-6-19(17)24-25-20/h3-4,7-8,11,14-15,18H,1-2,5-6,9-10,12-13H2,(H,23,27)/b8-7+. The molecule has 0 radical (unpaired) electrons. The lowest BCUT2D eigenvalue weighted by atomic mass is 9.96. The summed E-state index contributed by atoms with van der Waals surface area (Å²) in [7, 11) is 0. The summed E-state index contributed by atoms with van der Waals surface area (Å²) in [5.41, 5.74) is 3.46. The van der Waals surface area contributed by atoms with Gasteiger partial charge < -0.3 is 10.2 Å². The van der Waals surface area contributed by atoms with Crippen molar-refractivity contribution in [3.63, 3.8) is 0 Å². The number of carbonyl (C=O) groups is 1. The summed E-state index contributed by atoms with van der Waals surface area (Å²) in [5, 5.41) is 12.0. The Labute approximate surface area is 159 Å². The number of piperidine rings is 1. The van der Waals surface area contributed by atoms with E-state index in [0.29, 0.717) is 0 Å². The molecule has 2 aromatic rings. The van der Waals surface area contributed by atoms with Crippen molar-refractivity contribution in [2.45, 2.75) is 44.6 Å². The number of hydrogen-bond acceptors (Lipinski definition) is 5. The fraction of sp³-hybridized carbons (Fsp3) is 0.429. The average molecular weight is 363 g/mol. The van der Waals surface area contributed by atoms with E-state index in [4.69, 9.17) is 0 Å². The number of nitrogens with zero attached hydrogens (tertiary/aromatic N) is 4. The Bertz CT molecular complexity index is 813. The molecular formula is C21H25N5O. The normalized spacial score (nSPS) is 17.7. The van der Waals surface area contributed by atoms with Crippen molar-refractivity contribution >= 4 is 17.8 Å². The summed E-state index contributed by atoms with van der Waals surface area (Å²) in [6.45, 7) is 1.79. The van der Waals surface area contributed by atoms with Gasteiger partial charge in [-0.15, -0.1) is 5.10 Å². The number of aromatic nitrogens is 3.